The second-order valence-electron chi connectivity index (χ2n) is 3.97. The maximum absolute atomic E-state index is 13.1. The Hall–Kier alpha value is -2.07. The summed E-state index contributed by atoms with van der Waals surface area (Å²) >= 11 is 0. The number of halogens is 1. The van der Waals surface area contributed by atoms with Crippen molar-refractivity contribution >= 4 is 0 Å². The van der Waals surface area contributed by atoms with Crippen LogP contribution in [0.25, 0.3) is 0 Å². The molecule has 0 heterocycles. The molecule has 0 saturated carbocycles. The summed E-state index contributed by atoms with van der Waals surface area (Å²) in [5.74, 6) is 1.59. The third kappa shape index (κ3) is 3.45. The van der Waals surface area contributed by atoms with Crippen molar-refractivity contribution in [2.45, 2.75) is 13.5 Å². The Balaban J connectivity index is 2.23. The summed E-state index contributed by atoms with van der Waals surface area (Å²) in [6.45, 7) is 2.73. The first-order valence-electron chi connectivity index (χ1n) is 6.12. The standard InChI is InChI=1S/C15H16FNO2/c1-2-18-13-4-3-5-14(9-13)19-15-7-6-12(16)8-11(15)10-17/h3-9H,2,10,17H2,1H3. The Morgan fingerprint density at radius 2 is 1.89 bits per heavy atom. The Bertz CT molecular complexity index is 558. The van der Waals surface area contributed by atoms with Crippen molar-refractivity contribution in [3.05, 3.63) is 53.8 Å². The van der Waals surface area contributed by atoms with E-state index in [1.54, 1.807) is 12.1 Å². The Morgan fingerprint density at radius 1 is 1.11 bits per heavy atom. The summed E-state index contributed by atoms with van der Waals surface area (Å²) in [7, 11) is 0. The zero-order valence-electron chi connectivity index (χ0n) is 10.7. The number of hydrogen-bond donors (Lipinski definition) is 1. The normalized spacial score (nSPS) is 10.3. The maximum Gasteiger partial charge on any atom is 0.132 e. The van der Waals surface area contributed by atoms with Crippen LogP contribution in [-0.4, -0.2) is 6.61 Å². The third-order valence-corrected chi connectivity index (χ3v) is 2.59. The second kappa shape index (κ2) is 6.20. The van der Waals surface area contributed by atoms with Gasteiger partial charge in [-0.3, -0.25) is 0 Å². The summed E-state index contributed by atoms with van der Waals surface area (Å²) in [5.41, 5.74) is 6.21. The molecule has 19 heavy (non-hydrogen) atoms. The van der Waals surface area contributed by atoms with Gasteiger partial charge in [-0.15, -0.1) is 0 Å². The van der Waals surface area contributed by atoms with E-state index in [4.69, 9.17) is 15.2 Å². The minimum absolute atomic E-state index is 0.220. The minimum Gasteiger partial charge on any atom is -0.494 e. The summed E-state index contributed by atoms with van der Waals surface area (Å²) in [4.78, 5) is 0. The fourth-order valence-electron chi connectivity index (χ4n) is 1.73. The topological polar surface area (TPSA) is 44.5 Å². The smallest absolute Gasteiger partial charge is 0.132 e. The van der Waals surface area contributed by atoms with E-state index in [1.807, 2.05) is 25.1 Å². The van der Waals surface area contributed by atoms with Gasteiger partial charge < -0.3 is 15.2 Å². The number of benzene rings is 2. The highest BCUT2D eigenvalue weighted by atomic mass is 19.1. The highest BCUT2D eigenvalue weighted by Gasteiger charge is 2.06. The van der Waals surface area contributed by atoms with Gasteiger partial charge in [0.2, 0.25) is 0 Å². The van der Waals surface area contributed by atoms with Gasteiger partial charge >= 0.3 is 0 Å². The van der Waals surface area contributed by atoms with Crippen molar-refractivity contribution in [2.75, 3.05) is 6.61 Å². The molecule has 0 aliphatic carbocycles. The Kier molecular flexibility index (Phi) is 4.36. The molecule has 0 aliphatic heterocycles. The van der Waals surface area contributed by atoms with E-state index < -0.39 is 0 Å². The van der Waals surface area contributed by atoms with Gasteiger partial charge in [0.25, 0.3) is 0 Å². The molecule has 0 saturated heterocycles. The average molecular weight is 261 g/mol. The third-order valence-electron chi connectivity index (χ3n) is 2.59. The lowest BCUT2D eigenvalue weighted by atomic mass is 10.2. The van der Waals surface area contributed by atoms with Gasteiger partial charge in [0.1, 0.15) is 23.1 Å². The van der Waals surface area contributed by atoms with Crippen LogP contribution in [-0.2, 0) is 6.54 Å². The molecule has 2 N–H and O–H groups in total. The molecule has 0 aliphatic rings. The molecule has 0 atom stereocenters. The van der Waals surface area contributed by atoms with E-state index in [-0.39, 0.29) is 12.4 Å². The summed E-state index contributed by atoms with van der Waals surface area (Å²) < 4.78 is 24.2. The van der Waals surface area contributed by atoms with Crippen LogP contribution in [0.4, 0.5) is 4.39 Å². The van der Waals surface area contributed by atoms with Crippen molar-refractivity contribution in [3.8, 4) is 17.2 Å². The van der Waals surface area contributed by atoms with Crippen LogP contribution < -0.4 is 15.2 Å². The molecule has 2 aromatic rings. The fourth-order valence-corrected chi connectivity index (χ4v) is 1.73. The van der Waals surface area contributed by atoms with Crippen LogP contribution in [0.5, 0.6) is 17.2 Å². The van der Waals surface area contributed by atoms with E-state index >= 15 is 0 Å². The number of ether oxygens (including phenoxy) is 2. The van der Waals surface area contributed by atoms with Crippen LogP contribution in [0.15, 0.2) is 42.5 Å². The van der Waals surface area contributed by atoms with Gasteiger partial charge in [-0.2, -0.15) is 0 Å². The summed E-state index contributed by atoms with van der Waals surface area (Å²) in [5, 5.41) is 0. The van der Waals surface area contributed by atoms with Crippen LogP contribution in [0.2, 0.25) is 0 Å². The largest absolute Gasteiger partial charge is 0.494 e. The van der Waals surface area contributed by atoms with Crippen molar-refractivity contribution in [1.82, 2.24) is 0 Å². The maximum atomic E-state index is 13.1. The lowest BCUT2D eigenvalue weighted by Crippen LogP contribution is -2.00. The van der Waals surface area contributed by atoms with Crippen LogP contribution in [0.3, 0.4) is 0 Å². The average Bonchev–Trinajstić information content (AvgIpc) is 2.41. The molecule has 0 fully saturated rings. The molecule has 2 rings (SSSR count). The van der Waals surface area contributed by atoms with Gasteiger partial charge in [-0.25, -0.2) is 4.39 Å². The van der Waals surface area contributed by atoms with Crippen molar-refractivity contribution in [2.24, 2.45) is 5.73 Å². The van der Waals surface area contributed by atoms with Crippen LogP contribution >= 0.6 is 0 Å². The van der Waals surface area contributed by atoms with Gasteiger partial charge in [0, 0.05) is 18.2 Å². The van der Waals surface area contributed by atoms with Crippen molar-refractivity contribution in [1.29, 1.82) is 0 Å². The van der Waals surface area contributed by atoms with E-state index in [1.165, 1.54) is 12.1 Å². The van der Waals surface area contributed by atoms with E-state index in [9.17, 15) is 4.39 Å². The lowest BCUT2D eigenvalue weighted by Gasteiger charge is -2.11. The molecule has 4 heteroatoms. The first-order chi connectivity index (χ1) is 9.22. The predicted molar refractivity (Wildman–Crippen MR) is 72.0 cm³/mol. The predicted octanol–water partition coefficient (Wildman–Crippen LogP) is 3.48. The summed E-state index contributed by atoms with van der Waals surface area (Å²) in [6.07, 6.45) is 0. The molecule has 0 unspecified atom stereocenters. The zero-order chi connectivity index (χ0) is 13.7. The number of hydrogen-bond acceptors (Lipinski definition) is 3. The van der Waals surface area contributed by atoms with E-state index in [2.05, 4.69) is 0 Å². The molecular weight excluding hydrogens is 245 g/mol. The Morgan fingerprint density at radius 3 is 2.63 bits per heavy atom. The summed E-state index contributed by atoms with van der Waals surface area (Å²) in [6, 6.07) is 11.6. The van der Waals surface area contributed by atoms with Crippen LogP contribution in [0, 0.1) is 5.82 Å². The van der Waals surface area contributed by atoms with Crippen molar-refractivity contribution in [3.63, 3.8) is 0 Å². The lowest BCUT2D eigenvalue weighted by molar-refractivity contribution is 0.338. The molecule has 3 nitrogen and oxygen atoms in total. The molecule has 2 aromatic carbocycles. The first-order valence-corrected chi connectivity index (χ1v) is 6.12. The molecule has 0 aromatic heterocycles. The second-order valence-corrected chi connectivity index (χ2v) is 3.97. The van der Waals surface area contributed by atoms with Gasteiger partial charge in [-0.1, -0.05) is 6.07 Å². The minimum atomic E-state index is -0.323. The van der Waals surface area contributed by atoms with Crippen LogP contribution in [0.1, 0.15) is 12.5 Å². The van der Waals surface area contributed by atoms with Crippen molar-refractivity contribution < 1.29 is 13.9 Å². The fraction of sp³-hybridized carbons (Fsp3) is 0.200. The van der Waals surface area contributed by atoms with Gasteiger partial charge in [0.15, 0.2) is 0 Å². The molecule has 0 amide bonds. The molecule has 100 valence electrons. The first kappa shape index (κ1) is 13.4. The van der Waals surface area contributed by atoms with Gasteiger partial charge in [-0.05, 0) is 37.3 Å². The molecule has 0 radical (unpaired) electrons. The molecule has 0 bridgehead atoms. The van der Waals surface area contributed by atoms with E-state index in [0.717, 1.165) is 5.75 Å². The highest BCUT2D eigenvalue weighted by Crippen LogP contribution is 2.28. The molecular formula is C15H16FNO2. The van der Waals surface area contributed by atoms with Gasteiger partial charge in [0.05, 0.1) is 6.61 Å². The number of rotatable bonds is 5. The van der Waals surface area contributed by atoms with E-state index in [0.29, 0.717) is 23.7 Å². The monoisotopic (exact) mass is 261 g/mol. The quantitative estimate of drug-likeness (QED) is 0.896. The number of nitrogens with two attached hydrogens (primary N) is 1. The molecule has 0 spiro atoms. The zero-order valence-corrected chi connectivity index (χ0v) is 10.7. The Labute approximate surface area is 111 Å². The highest BCUT2D eigenvalue weighted by molar-refractivity contribution is 5.40. The SMILES string of the molecule is CCOc1cccc(Oc2ccc(F)cc2CN)c1.